The minimum atomic E-state index is -0.697. The molecule has 6 nitrogen and oxygen atoms in total. The van der Waals surface area contributed by atoms with Crippen molar-refractivity contribution in [3.8, 4) is 5.75 Å². The summed E-state index contributed by atoms with van der Waals surface area (Å²) < 4.78 is 5.13. The van der Waals surface area contributed by atoms with Crippen LogP contribution in [0.2, 0.25) is 0 Å². The maximum Gasteiger partial charge on any atom is 0.312 e. The summed E-state index contributed by atoms with van der Waals surface area (Å²) in [6, 6.07) is 6.11. The number of nitrogens with one attached hydrogen (secondary N) is 2. The molecule has 0 aromatic heterocycles. The number of carbonyl (C=O) groups is 2. The number of ether oxygens (including phenoxy) is 1. The Bertz CT molecular complexity index is 491. The van der Waals surface area contributed by atoms with E-state index in [2.05, 4.69) is 10.6 Å². The molecule has 0 saturated heterocycles. The first-order chi connectivity index (χ1) is 9.97. The zero-order valence-corrected chi connectivity index (χ0v) is 12.7. The minimum absolute atomic E-state index is 0.00260. The van der Waals surface area contributed by atoms with Crippen molar-refractivity contribution in [3.05, 3.63) is 29.8 Å². The summed E-state index contributed by atoms with van der Waals surface area (Å²) in [7, 11) is 1.59. The molecule has 0 aliphatic carbocycles. The molecule has 1 aromatic rings. The summed E-state index contributed by atoms with van der Waals surface area (Å²) in [5.74, 6) is 0.490. The molecule has 0 spiro atoms. The molecule has 0 aliphatic rings. The average Bonchev–Trinajstić information content (AvgIpc) is 2.49. The predicted octanol–water partition coefficient (Wildman–Crippen LogP) is 1.39. The van der Waals surface area contributed by atoms with Gasteiger partial charge in [0.25, 0.3) is 0 Å². The highest BCUT2D eigenvalue weighted by Gasteiger charge is 2.24. The lowest BCUT2D eigenvalue weighted by Crippen LogP contribution is -2.51. The summed E-state index contributed by atoms with van der Waals surface area (Å²) in [4.78, 5) is 23.2. The second-order valence-corrected chi connectivity index (χ2v) is 4.94. The van der Waals surface area contributed by atoms with Crippen molar-refractivity contribution in [1.29, 1.82) is 0 Å². The Kier molecular flexibility index (Phi) is 6.52. The molecular weight excluding hydrogens is 270 g/mol. The van der Waals surface area contributed by atoms with Crippen LogP contribution in [-0.4, -0.2) is 25.1 Å². The van der Waals surface area contributed by atoms with Gasteiger partial charge in [0.05, 0.1) is 7.11 Å². The van der Waals surface area contributed by atoms with Crippen molar-refractivity contribution in [2.75, 3.05) is 7.11 Å². The molecule has 4 N–H and O–H groups in total. The van der Waals surface area contributed by atoms with E-state index in [1.54, 1.807) is 7.11 Å². The summed E-state index contributed by atoms with van der Waals surface area (Å²) in [6.45, 7) is 4.21. The highest BCUT2D eigenvalue weighted by Crippen LogP contribution is 2.13. The molecule has 21 heavy (non-hydrogen) atoms. The number of rotatable bonds is 7. The van der Waals surface area contributed by atoms with Crippen LogP contribution in [0.25, 0.3) is 0 Å². The molecule has 1 aromatic carbocycles. The lowest BCUT2D eigenvalue weighted by atomic mass is 9.98. The molecule has 1 rings (SSSR count). The number of benzene rings is 1. The van der Waals surface area contributed by atoms with Crippen molar-refractivity contribution in [2.24, 2.45) is 11.7 Å². The van der Waals surface area contributed by atoms with E-state index in [0.717, 1.165) is 17.7 Å². The topological polar surface area (TPSA) is 93.5 Å². The van der Waals surface area contributed by atoms with E-state index in [-0.39, 0.29) is 11.8 Å². The number of hydrogen-bond donors (Lipinski definition) is 3. The molecule has 0 unspecified atom stereocenters. The van der Waals surface area contributed by atoms with Crippen LogP contribution < -0.4 is 21.1 Å². The third-order valence-corrected chi connectivity index (χ3v) is 3.39. The van der Waals surface area contributed by atoms with Crippen LogP contribution in [0.1, 0.15) is 25.8 Å². The van der Waals surface area contributed by atoms with Crippen LogP contribution in [0.4, 0.5) is 4.79 Å². The van der Waals surface area contributed by atoms with E-state index in [1.165, 1.54) is 0 Å². The van der Waals surface area contributed by atoms with E-state index < -0.39 is 12.1 Å². The lowest BCUT2D eigenvalue weighted by Gasteiger charge is -2.22. The van der Waals surface area contributed by atoms with Crippen LogP contribution in [0.15, 0.2) is 24.3 Å². The second kappa shape index (κ2) is 8.14. The molecule has 116 valence electrons. The van der Waals surface area contributed by atoms with Crippen LogP contribution in [0.5, 0.6) is 5.75 Å². The van der Waals surface area contributed by atoms with Crippen molar-refractivity contribution in [2.45, 2.75) is 32.9 Å². The maximum atomic E-state index is 12.2. The Labute approximate surface area is 125 Å². The summed E-state index contributed by atoms with van der Waals surface area (Å²) in [5.41, 5.74) is 6.04. The SMILES string of the molecule is CC[C@H](C)[C@H](NC(N)=O)C(=O)NCc1cccc(OC)c1. The highest BCUT2D eigenvalue weighted by atomic mass is 16.5. The highest BCUT2D eigenvalue weighted by molar-refractivity contribution is 5.86. The van der Waals surface area contributed by atoms with Gasteiger partial charge in [-0.15, -0.1) is 0 Å². The molecule has 2 atom stereocenters. The Morgan fingerprint density at radius 2 is 2.10 bits per heavy atom. The van der Waals surface area contributed by atoms with Gasteiger partial charge in [0.15, 0.2) is 0 Å². The van der Waals surface area contributed by atoms with Crippen LogP contribution in [-0.2, 0) is 11.3 Å². The summed E-state index contributed by atoms with van der Waals surface area (Å²) in [5, 5.41) is 5.30. The van der Waals surface area contributed by atoms with Gasteiger partial charge in [-0.3, -0.25) is 4.79 Å². The smallest absolute Gasteiger partial charge is 0.312 e. The van der Waals surface area contributed by atoms with Crippen molar-refractivity contribution < 1.29 is 14.3 Å². The fourth-order valence-corrected chi connectivity index (χ4v) is 1.94. The van der Waals surface area contributed by atoms with Crippen LogP contribution >= 0.6 is 0 Å². The Hall–Kier alpha value is -2.24. The molecule has 3 amide bonds. The second-order valence-electron chi connectivity index (χ2n) is 4.94. The number of hydrogen-bond acceptors (Lipinski definition) is 3. The Morgan fingerprint density at radius 1 is 1.38 bits per heavy atom. The van der Waals surface area contributed by atoms with E-state index in [9.17, 15) is 9.59 Å². The van der Waals surface area contributed by atoms with E-state index >= 15 is 0 Å². The maximum absolute atomic E-state index is 12.2. The van der Waals surface area contributed by atoms with Gasteiger partial charge in [-0.25, -0.2) is 4.79 Å². The van der Waals surface area contributed by atoms with Gasteiger partial charge in [-0.2, -0.15) is 0 Å². The first-order valence-electron chi connectivity index (χ1n) is 6.94. The Balaban J connectivity index is 2.66. The molecule has 0 bridgehead atoms. The number of nitrogens with two attached hydrogens (primary N) is 1. The predicted molar refractivity (Wildman–Crippen MR) is 80.8 cm³/mol. The van der Waals surface area contributed by atoms with E-state index in [4.69, 9.17) is 10.5 Å². The standard InChI is InChI=1S/C15H23N3O3/c1-4-10(2)13(18-15(16)20)14(19)17-9-11-6-5-7-12(8-11)21-3/h5-8,10,13H,4,9H2,1-3H3,(H,17,19)(H3,16,18,20)/t10-,13-/m0/s1. The molecular formula is C15H23N3O3. The molecule has 6 heteroatoms. The fraction of sp³-hybridized carbons (Fsp3) is 0.467. The first-order valence-corrected chi connectivity index (χ1v) is 6.94. The third kappa shape index (κ3) is 5.33. The number of urea groups is 1. The number of carbonyl (C=O) groups excluding carboxylic acids is 2. The van der Waals surface area contributed by atoms with Gasteiger partial charge < -0.3 is 21.1 Å². The molecule has 0 fully saturated rings. The third-order valence-electron chi connectivity index (χ3n) is 3.39. The molecule has 0 heterocycles. The van der Waals surface area contributed by atoms with Gasteiger partial charge >= 0.3 is 6.03 Å². The molecule has 0 radical (unpaired) electrons. The molecule has 0 aliphatic heterocycles. The lowest BCUT2D eigenvalue weighted by molar-refractivity contribution is -0.124. The monoisotopic (exact) mass is 293 g/mol. The average molecular weight is 293 g/mol. The first kappa shape index (κ1) is 16.8. The minimum Gasteiger partial charge on any atom is -0.497 e. The van der Waals surface area contributed by atoms with Gasteiger partial charge in [-0.05, 0) is 23.6 Å². The van der Waals surface area contributed by atoms with Gasteiger partial charge in [0.2, 0.25) is 5.91 Å². The van der Waals surface area contributed by atoms with Crippen LogP contribution in [0.3, 0.4) is 0 Å². The van der Waals surface area contributed by atoms with Crippen molar-refractivity contribution in [1.82, 2.24) is 10.6 Å². The fourth-order valence-electron chi connectivity index (χ4n) is 1.94. The number of methoxy groups -OCH3 is 1. The van der Waals surface area contributed by atoms with E-state index in [1.807, 2.05) is 38.1 Å². The largest absolute Gasteiger partial charge is 0.497 e. The van der Waals surface area contributed by atoms with Gasteiger partial charge in [-0.1, -0.05) is 32.4 Å². The zero-order chi connectivity index (χ0) is 15.8. The summed E-state index contributed by atoms with van der Waals surface area (Å²) >= 11 is 0. The van der Waals surface area contributed by atoms with Crippen molar-refractivity contribution >= 4 is 11.9 Å². The van der Waals surface area contributed by atoms with E-state index in [0.29, 0.717) is 6.54 Å². The number of primary amides is 1. The van der Waals surface area contributed by atoms with Gasteiger partial charge in [0, 0.05) is 6.54 Å². The normalized spacial score (nSPS) is 13.1. The molecule has 0 saturated carbocycles. The summed E-state index contributed by atoms with van der Waals surface area (Å²) in [6.07, 6.45) is 0.761. The zero-order valence-electron chi connectivity index (χ0n) is 12.7. The number of amides is 3. The van der Waals surface area contributed by atoms with Gasteiger partial charge in [0.1, 0.15) is 11.8 Å². The Morgan fingerprint density at radius 3 is 2.67 bits per heavy atom. The quantitative estimate of drug-likeness (QED) is 0.709. The van der Waals surface area contributed by atoms with Crippen molar-refractivity contribution in [3.63, 3.8) is 0 Å². The van der Waals surface area contributed by atoms with Crippen LogP contribution in [0, 0.1) is 5.92 Å².